The molecule has 0 atom stereocenters. The lowest BCUT2D eigenvalue weighted by Gasteiger charge is -2.26. The molecule has 0 aliphatic heterocycles. The van der Waals surface area contributed by atoms with Crippen LogP contribution in [0.15, 0.2) is 41.8 Å². The molecule has 1 amide bonds. The van der Waals surface area contributed by atoms with Gasteiger partial charge in [-0.15, -0.1) is 11.3 Å². The van der Waals surface area contributed by atoms with Gasteiger partial charge >= 0.3 is 5.97 Å². The van der Waals surface area contributed by atoms with E-state index in [0.29, 0.717) is 31.2 Å². The van der Waals surface area contributed by atoms with E-state index in [4.69, 9.17) is 9.84 Å². The monoisotopic (exact) mass is 501 g/mol. The summed E-state index contributed by atoms with van der Waals surface area (Å²) in [5.41, 5.74) is -0.118. The number of benzene rings is 2. The number of rotatable bonds is 9. The first-order chi connectivity index (χ1) is 16.8. The second-order valence-electron chi connectivity index (χ2n) is 8.65. The van der Waals surface area contributed by atoms with Crippen LogP contribution in [-0.4, -0.2) is 35.4 Å². The number of thiophene rings is 1. The van der Waals surface area contributed by atoms with Crippen molar-refractivity contribution in [3.63, 3.8) is 0 Å². The summed E-state index contributed by atoms with van der Waals surface area (Å²) in [6, 6.07) is 9.30. The fraction of sp³-hybridized carbons (Fsp3) is 0.346. The second-order valence-corrected chi connectivity index (χ2v) is 9.60. The molecule has 0 saturated heterocycles. The first-order valence-corrected chi connectivity index (χ1v) is 12.4. The molecule has 1 aliphatic carbocycles. The molecule has 1 saturated carbocycles. The highest BCUT2D eigenvalue weighted by molar-refractivity contribution is 7.17. The van der Waals surface area contributed by atoms with E-state index in [9.17, 15) is 23.2 Å². The van der Waals surface area contributed by atoms with Gasteiger partial charge in [-0.2, -0.15) is 0 Å². The Labute approximate surface area is 204 Å². The first kappa shape index (κ1) is 24.8. The number of ketones is 1. The zero-order valence-corrected chi connectivity index (χ0v) is 19.7. The quantitative estimate of drug-likeness (QED) is 0.294. The van der Waals surface area contributed by atoms with Gasteiger partial charge in [-0.1, -0.05) is 0 Å². The van der Waals surface area contributed by atoms with Crippen LogP contribution in [0.1, 0.15) is 59.2 Å². The second kappa shape index (κ2) is 10.9. The lowest BCUT2D eigenvalue weighted by molar-refractivity contribution is -0.143. The van der Waals surface area contributed by atoms with Gasteiger partial charge in [0.05, 0.1) is 17.6 Å². The predicted octanol–water partition coefficient (Wildman–Crippen LogP) is 5.59. The van der Waals surface area contributed by atoms with Crippen molar-refractivity contribution in [3.05, 3.63) is 64.5 Å². The van der Waals surface area contributed by atoms with E-state index < -0.39 is 34.9 Å². The average molecular weight is 502 g/mol. The van der Waals surface area contributed by atoms with E-state index in [1.54, 1.807) is 23.5 Å². The molecule has 2 N–H and O–H groups in total. The Morgan fingerprint density at radius 1 is 1.03 bits per heavy atom. The molecule has 2 aromatic carbocycles. The predicted molar refractivity (Wildman–Crippen MR) is 128 cm³/mol. The van der Waals surface area contributed by atoms with Crippen molar-refractivity contribution < 1.29 is 33.0 Å². The molecule has 1 heterocycles. The van der Waals surface area contributed by atoms with Crippen molar-refractivity contribution in [1.29, 1.82) is 0 Å². The summed E-state index contributed by atoms with van der Waals surface area (Å²) in [7, 11) is 0. The minimum absolute atomic E-state index is 0.0230. The van der Waals surface area contributed by atoms with Gasteiger partial charge in [0, 0.05) is 35.4 Å². The Hall–Kier alpha value is -3.33. The molecular weight excluding hydrogens is 476 g/mol. The molecule has 35 heavy (non-hydrogen) atoms. The normalized spacial score (nSPS) is 17.8. The summed E-state index contributed by atoms with van der Waals surface area (Å²) in [5, 5.41) is 14.7. The van der Waals surface area contributed by atoms with Crippen molar-refractivity contribution in [2.75, 3.05) is 6.54 Å². The number of hydrogen-bond acceptors (Lipinski definition) is 5. The molecule has 0 unspecified atom stereocenters. The maximum Gasteiger partial charge on any atom is 0.306 e. The summed E-state index contributed by atoms with van der Waals surface area (Å²) in [6.07, 6.45) is 1.63. The Morgan fingerprint density at radius 2 is 1.74 bits per heavy atom. The van der Waals surface area contributed by atoms with Crippen molar-refractivity contribution >= 4 is 39.1 Å². The van der Waals surface area contributed by atoms with Gasteiger partial charge in [-0.05, 0) is 67.1 Å². The molecule has 1 fully saturated rings. The van der Waals surface area contributed by atoms with Gasteiger partial charge < -0.3 is 15.2 Å². The lowest BCUT2D eigenvalue weighted by atomic mass is 9.87. The number of nitrogens with one attached hydrogen (secondary N) is 1. The van der Waals surface area contributed by atoms with Crippen LogP contribution >= 0.6 is 11.3 Å². The van der Waals surface area contributed by atoms with Crippen LogP contribution in [0, 0.1) is 17.6 Å². The number of carbonyl (C=O) groups is 3. The highest BCUT2D eigenvalue weighted by atomic mass is 32.1. The number of ether oxygens (including phenoxy) is 1. The van der Waals surface area contributed by atoms with Gasteiger partial charge in [-0.25, -0.2) is 8.78 Å². The van der Waals surface area contributed by atoms with E-state index in [0.717, 1.165) is 22.2 Å². The van der Waals surface area contributed by atoms with Crippen LogP contribution in [-0.2, 0) is 4.79 Å². The van der Waals surface area contributed by atoms with Gasteiger partial charge in [0.2, 0.25) is 0 Å². The molecule has 0 radical (unpaired) electrons. The molecular formula is C26H25F2NO5S. The summed E-state index contributed by atoms with van der Waals surface area (Å²) in [5.74, 6) is -4.26. The third-order valence-corrected chi connectivity index (χ3v) is 7.10. The number of fused-ring (bicyclic) bond motifs is 1. The lowest BCUT2D eigenvalue weighted by Crippen LogP contribution is -2.28. The zero-order valence-electron chi connectivity index (χ0n) is 18.9. The molecule has 6 nitrogen and oxygen atoms in total. The summed E-state index contributed by atoms with van der Waals surface area (Å²) in [6.45, 7) is 0.190. The molecule has 0 spiro atoms. The summed E-state index contributed by atoms with van der Waals surface area (Å²) >= 11 is 1.59. The first-order valence-electron chi connectivity index (χ1n) is 11.5. The minimum Gasteiger partial charge on any atom is -0.490 e. The fourth-order valence-corrected chi connectivity index (χ4v) is 5.06. The van der Waals surface area contributed by atoms with Crippen molar-refractivity contribution in [2.24, 2.45) is 5.92 Å². The maximum absolute atomic E-state index is 14.6. The van der Waals surface area contributed by atoms with Crippen molar-refractivity contribution in [3.8, 4) is 5.75 Å². The number of Topliss-reactive ketones (excluding diaryl/α,β-unsaturated/α-hetero) is 1. The van der Waals surface area contributed by atoms with Gasteiger partial charge in [-0.3, -0.25) is 14.4 Å². The minimum atomic E-state index is -1.00. The Balaban J connectivity index is 1.27. The van der Waals surface area contributed by atoms with Crippen LogP contribution in [0.2, 0.25) is 0 Å². The third-order valence-electron chi connectivity index (χ3n) is 6.20. The number of carboxylic acid groups (broad SMARTS) is 1. The SMILES string of the molecule is O=C(NCCCC(=O)c1c(F)cc(OC2CCC(C(=O)O)CC2)cc1F)c1ccc2sccc2c1. The number of carbonyl (C=O) groups excluding carboxylic acids is 2. The van der Waals surface area contributed by atoms with Crippen LogP contribution in [0.25, 0.3) is 10.1 Å². The highest BCUT2D eigenvalue weighted by Gasteiger charge is 2.27. The van der Waals surface area contributed by atoms with Crippen LogP contribution < -0.4 is 10.1 Å². The maximum atomic E-state index is 14.6. The third kappa shape index (κ3) is 6.03. The smallest absolute Gasteiger partial charge is 0.306 e. The van der Waals surface area contributed by atoms with Gasteiger partial charge in [0.15, 0.2) is 5.78 Å². The van der Waals surface area contributed by atoms with Gasteiger partial charge in [0.25, 0.3) is 5.91 Å². The molecule has 1 aliphatic rings. The number of hydrogen-bond donors (Lipinski definition) is 2. The fourth-order valence-electron chi connectivity index (χ4n) is 4.29. The van der Waals surface area contributed by atoms with Crippen LogP contribution in [0.4, 0.5) is 8.78 Å². The summed E-state index contributed by atoms with van der Waals surface area (Å²) < 4.78 is 35.8. The largest absolute Gasteiger partial charge is 0.490 e. The molecule has 0 bridgehead atoms. The number of carboxylic acids is 1. The van der Waals surface area contributed by atoms with E-state index in [1.165, 1.54) is 0 Å². The Morgan fingerprint density at radius 3 is 2.43 bits per heavy atom. The Kier molecular flexibility index (Phi) is 7.75. The molecule has 1 aromatic heterocycles. The zero-order chi connectivity index (χ0) is 24.9. The van der Waals surface area contributed by atoms with E-state index >= 15 is 0 Å². The van der Waals surface area contributed by atoms with Crippen molar-refractivity contribution in [1.82, 2.24) is 5.32 Å². The molecule has 3 aromatic rings. The molecule has 9 heteroatoms. The molecule has 4 rings (SSSR count). The number of aliphatic carboxylic acids is 1. The molecule has 184 valence electrons. The van der Waals surface area contributed by atoms with E-state index in [2.05, 4.69) is 5.32 Å². The van der Waals surface area contributed by atoms with Crippen molar-refractivity contribution in [2.45, 2.75) is 44.6 Å². The van der Waals surface area contributed by atoms with Gasteiger partial charge in [0.1, 0.15) is 17.4 Å². The number of amides is 1. The van der Waals surface area contributed by atoms with Crippen LogP contribution in [0.5, 0.6) is 5.75 Å². The topological polar surface area (TPSA) is 92.7 Å². The highest BCUT2D eigenvalue weighted by Crippen LogP contribution is 2.30. The standard InChI is InChI=1S/C26H25F2NO5S/c27-20-13-19(34-18-6-3-15(4-7-18)26(32)33)14-21(28)24(20)22(30)2-1-10-29-25(31)17-5-8-23-16(12-17)9-11-35-23/h5,8-9,11-15,18H,1-4,6-7,10H2,(H,29,31)(H,32,33). The average Bonchev–Trinajstić information content (AvgIpc) is 3.29. The Bertz CT molecular complexity index is 1230. The number of halogens is 2. The van der Waals surface area contributed by atoms with Crippen LogP contribution in [0.3, 0.4) is 0 Å². The summed E-state index contributed by atoms with van der Waals surface area (Å²) in [4.78, 5) is 35.8. The van der Waals surface area contributed by atoms with E-state index in [-0.39, 0.29) is 37.1 Å². The van der Waals surface area contributed by atoms with E-state index in [1.807, 2.05) is 17.5 Å².